The van der Waals surface area contributed by atoms with Crippen LogP contribution >= 0.6 is 23.5 Å². The molecule has 1 aromatic rings. The summed E-state index contributed by atoms with van der Waals surface area (Å²) in [5, 5.41) is 59.0. The zero-order valence-corrected chi connectivity index (χ0v) is 41.7. The number of carbonyl (C=O) groups is 10. The van der Waals surface area contributed by atoms with Gasteiger partial charge in [-0.15, -0.1) is 11.8 Å². The fourth-order valence-corrected chi connectivity index (χ4v) is 7.60. The molecule has 0 fully saturated rings. The quantitative estimate of drug-likeness (QED) is 0.0135. The van der Waals surface area contributed by atoms with Crippen LogP contribution in [0.1, 0.15) is 58.9 Å². The first-order valence-corrected chi connectivity index (χ1v) is 24.7. The minimum Gasteiger partial charge on any atom is -0.508 e. The molecule has 0 bridgehead atoms. The van der Waals surface area contributed by atoms with Gasteiger partial charge in [-0.25, -0.2) is 4.79 Å². The highest BCUT2D eigenvalue weighted by Crippen LogP contribution is 2.13. The first-order chi connectivity index (χ1) is 33.3. The molecule has 9 amide bonds. The van der Waals surface area contributed by atoms with Gasteiger partial charge in [-0.2, -0.15) is 11.8 Å². The van der Waals surface area contributed by atoms with Crippen LogP contribution in [0.2, 0.25) is 0 Å². The number of benzene rings is 1. The van der Waals surface area contributed by atoms with E-state index in [9.17, 15) is 68.4 Å². The van der Waals surface area contributed by atoms with Crippen molar-refractivity contribution in [2.75, 3.05) is 36.8 Å². The average molecular weight is 1040 g/mol. The van der Waals surface area contributed by atoms with Crippen molar-refractivity contribution in [2.45, 2.75) is 114 Å². The van der Waals surface area contributed by atoms with Crippen LogP contribution in [-0.2, 0) is 54.4 Å². The third-order valence-corrected chi connectivity index (χ3v) is 11.5. The number of nitrogens with zero attached hydrogens (tertiary/aromatic N) is 1. The molecule has 0 saturated carbocycles. The number of carboxylic acid groups (broad SMARTS) is 1. The van der Waals surface area contributed by atoms with E-state index in [1.807, 2.05) is 0 Å². The normalized spacial score (nSPS) is 14.8. The smallest absolute Gasteiger partial charge is 0.326 e. The van der Waals surface area contributed by atoms with Gasteiger partial charge >= 0.3 is 5.97 Å². The summed E-state index contributed by atoms with van der Waals surface area (Å²) in [4.78, 5) is 134. The number of aliphatic hydroxyl groups is 2. The van der Waals surface area contributed by atoms with Crippen molar-refractivity contribution in [3.63, 3.8) is 0 Å². The molecule has 0 aliphatic carbocycles. The van der Waals surface area contributed by atoms with E-state index in [0.29, 0.717) is 5.56 Å². The van der Waals surface area contributed by atoms with Gasteiger partial charge in [0.1, 0.15) is 48.0 Å². The molecule has 0 aliphatic heterocycles. The first kappa shape index (κ1) is 62.6. The number of thioether (sulfide) groups is 2. The van der Waals surface area contributed by atoms with Gasteiger partial charge in [0.2, 0.25) is 53.2 Å². The van der Waals surface area contributed by atoms with Crippen LogP contribution in [0.25, 0.3) is 0 Å². The minimum atomic E-state index is -1.87. The van der Waals surface area contributed by atoms with Crippen LogP contribution in [0.5, 0.6) is 5.75 Å². The highest BCUT2D eigenvalue weighted by molar-refractivity contribution is 7.99. The second-order valence-corrected chi connectivity index (χ2v) is 18.5. The molecule has 1 rings (SSSR count). The van der Waals surface area contributed by atoms with Crippen molar-refractivity contribution in [2.24, 2.45) is 33.8 Å². The fourth-order valence-electron chi connectivity index (χ4n) is 6.20. The van der Waals surface area contributed by atoms with E-state index in [1.165, 1.54) is 31.2 Å². The van der Waals surface area contributed by atoms with E-state index in [4.69, 9.17) is 22.9 Å². The van der Waals surface area contributed by atoms with Gasteiger partial charge in [-0.1, -0.05) is 26.0 Å². The summed E-state index contributed by atoms with van der Waals surface area (Å²) < 4.78 is 0. The number of guanidine groups is 1. The fraction of sp³-hybridized carbons (Fsp3) is 0.595. The van der Waals surface area contributed by atoms with Gasteiger partial charge in [0.15, 0.2) is 5.96 Å². The number of aliphatic hydroxyl groups excluding tert-OH is 2. The number of primary amides is 1. The molecule has 20 N–H and O–H groups in total. The number of hydrogen-bond acceptors (Lipinski definition) is 17. The summed E-state index contributed by atoms with van der Waals surface area (Å²) in [6, 6.07) is -6.62. The lowest BCUT2D eigenvalue weighted by Gasteiger charge is -2.28. The zero-order chi connectivity index (χ0) is 54.0. The molecule has 9 atom stereocenters. The Morgan fingerprint density at radius 3 is 1.75 bits per heavy atom. The molecule has 0 aliphatic rings. The Hall–Kier alpha value is -6.43. The summed E-state index contributed by atoms with van der Waals surface area (Å²) >= 11 is 2.20. The third kappa shape index (κ3) is 24.8. The van der Waals surface area contributed by atoms with Crippen molar-refractivity contribution in [3.8, 4) is 5.75 Å². The molecule has 29 heteroatoms. The summed E-state index contributed by atoms with van der Waals surface area (Å²) in [5.41, 5.74) is 22.9. The Kier molecular flexibility index (Phi) is 28.6. The summed E-state index contributed by atoms with van der Waals surface area (Å²) in [5.74, 6) is -10.4. The van der Waals surface area contributed by atoms with Crippen LogP contribution in [0, 0.1) is 5.92 Å². The summed E-state index contributed by atoms with van der Waals surface area (Å²) in [6.07, 6.45) is -1.30. The number of phenolic OH excluding ortho intramolecular Hbond substituents is 1. The van der Waals surface area contributed by atoms with E-state index in [1.54, 1.807) is 20.1 Å². The third-order valence-electron chi connectivity index (χ3n) is 9.85. The molecule has 0 saturated heterocycles. The van der Waals surface area contributed by atoms with E-state index in [2.05, 4.69) is 47.5 Å². The molecule has 0 spiro atoms. The maximum absolute atomic E-state index is 14.0. The number of carboxylic acids is 1. The molecule has 0 unspecified atom stereocenters. The number of aromatic hydroxyl groups is 1. The van der Waals surface area contributed by atoms with Gasteiger partial charge in [-0.3, -0.25) is 48.1 Å². The topological polar surface area (TPSA) is 464 Å². The van der Waals surface area contributed by atoms with Crippen LogP contribution in [-0.4, -0.2) is 177 Å². The SMILES string of the molecule is CSC[C@H](NC(=O)[C@@H](NC(=O)[C@H](CC(N)=O)NC(=O)[C@H](CCCN=C(N)N)NC(=O)[C@H](Cc1ccc(O)cc1)NC(=O)[C@@H](N)CSCNC(C)=O)[C@@H](C)O)C(=O)N[C@@H](CO)C(=O)N[C@@H](CC(C)C)C(=O)O. The monoisotopic (exact) mass is 1040 g/mol. The van der Waals surface area contributed by atoms with Crippen LogP contribution in [0.15, 0.2) is 29.3 Å². The number of aliphatic carboxylic acids is 1. The first-order valence-electron chi connectivity index (χ1n) is 22.1. The number of nitrogens with two attached hydrogens (primary N) is 4. The predicted molar refractivity (Wildman–Crippen MR) is 262 cm³/mol. The Morgan fingerprint density at radius 2 is 1.21 bits per heavy atom. The minimum absolute atomic E-state index is 0.0336. The number of amides is 9. The van der Waals surface area contributed by atoms with Gasteiger partial charge in [0.05, 0.1) is 31.1 Å². The Bertz CT molecular complexity index is 2010. The highest BCUT2D eigenvalue weighted by atomic mass is 32.2. The lowest BCUT2D eigenvalue weighted by atomic mass is 10.0. The second kappa shape index (κ2) is 32.5. The summed E-state index contributed by atoms with van der Waals surface area (Å²) in [6.45, 7) is 4.87. The summed E-state index contributed by atoms with van der Waals surface area (Å²) in [7, 11) is 0. The second-order valence-electron chi connectivity index (χ2n) is 16.5. The van der Waals surface area contributed by atoms with Crippen molar-refractivity contribution in [1.82, 2.24) is 42.5 Å². The van der Waals surface area contributed by atoms with Gasteiger partial charge in [0.25, 0.3) is 0 Å². The molecular formula is C42H69N13O14S2. The van der Waals surface area contributed by atoms with Crippen LogP contribution in [0.4, 0.5) is 0 Å². The molecule has 1 aromatic carbocycles. The highest BCUT2D eigenvalue weighted by Gasteiger charge is 2.36. The molecule has 71 heavy (non-hydrogen) atoms. The van der Waals surface area contributed by atoms with Gasteiger partial charge < -0.3 is 85.9 Å². The number of nitrogens with one attached hydrogen (secondary N) is 8. The Balaban J connectivity index is 3.42. The number of rotatable bonds is 33. The zero-order valence-electron chi connectivity index (χ0n) is 40.1. The molecule has 27 nitrogen and oxygen atoms in total. The van der Waals surface area contributed by atoms with Crippen LogP contribution < -0.4 is 65.5 Å². The molecular weight excluding hydrogens is 975 g/mol. The van der Waals surface area contributed by atoms with Crippen molar-refractivity contribution >= 4 is 88.6 Å². The Morgan fingerprint density at radius 1 is 0.690 bits per heavy atom. The predicted octanol–water partition coefficient (Wildman–Crippen LogP) is -5.72. The van der Waals surface area contributed by atoms with Crippen molar-refractivity contribution in [1.29, 1.82) is 0 Å². The van der Waals surface area contributed by atoms with Gasteiger partial charge in [0, 0.05) is 31.4 Å². The van der Waals surface area contributed by atoms with Crippen molar-refractivity contribution < 1.29 is 68.4 Å². The standard InChI is InChI=1S/C42H69N13O14S2/c1-20(2)13-29(41(68)69)52-38(65)30(16-56)53-39(66)31(18-70-5)54-40(67)33(21(3)57)55-37(64)28(15-32(44)60)51-35(62)26(7-6-12-47-42(45)46)49-36(63)27(14-23-8-10-24(59)11-9-23)50-34(61)25(43)17-71-19-48-22(4)58/h8-11,20-21,25-31,33,56-57,59H,6-7,12-19,43H2,1-5H3,(H2,44,60)(H,48,58)(H,49,63)(H,50,61)(H,51,62)(H,52,65)(H,53,66)(H,54,67)(H,55,64)(H,68,69)(H4,45,46,47)/t21-,25+,26+,27+,28+,29+,30+,31+,33+/m1/s1. The number of carbonyl (C=O) groups excluding carboxylic acids is 9. The number of hydrogen-bond donors (Lipinski definition) is 16. The van der Waals surface area contributed by atoms with Crippen molar-refractivity contribution in [3.05, 3.63) is 29.8 Å². The maximum Gasteiger partial charge on any atom is 0.326 e. The number of phenols is 1. The van der Waals surface area contributed by atoms with E-state index < -0.39 is 121 Å². The van der Waals surface area contributed by atoms with Gasteiger partial charge in [-0.05, 0) is 56.1 Å². The maximum atomic E-state index is 14.0. The molecule has 0 aromatic heterocycles. The molecule has 0 heterocycles. The Labute approximate surface area is 418 Å². The van der Waals surface area contributed by atoms with Crippen LogP contribution in [0.3, 0.4) is 0 Å². The average Bonchev–Trinajstić information content (AvgIpc) is 3.28. The lowest BCUT2D eigenvalue weighted by Crippen LogP contribution is -2.62. The molecule has 0 radical (unpaired) electrons. The van der Waals surface area contributed by atoms with E-state index >= 15 is 0 Å². The largest absolute Gasteiger partial charge is 0.508 e. The van der Waals surface area contributed by atoms with E-state index in [0.717, 1.165) is 30.4 Å². The van der Waals surface area contributed by atoms with E-state index in [-0.39, 0.29) is 73.1 Å². The molecule has 398 valence electrons. The lowest BCUT2D eigenvalue weighted by molar-refractivity contribution is -0.143. The number of aliphatic imine (C=N–C) groups is 1.